The van der Waals surface area contributed by atoms with Gasteiger partial charge in [-0.3, -0.25) is 14.6 Å². The molecular formula is C9H9N3O2. The smallest absolute Gasteiger partial charge is 0.314 e. The highest BCUT2D eigenvalue weighted by Gasteiger charge is 2.03. The van der Waals surface area contributed by atoms with E-state index < -0.39 is 11.1 Å². The quantitative estimate of drug-likeness (QED) is 0.631. The third-order valence-electron chi connectivity index (χ3n) is 2.06. The maximum Gasteiger partial charge on any atom is 0.314 e. The lowest BCUT2D eigenvalue weighted by Crippen LogP contribution is -2.29. The predicted molar refractivity (Wildman–Crippen MR) is 52.4 cm³/mol. The zero-order valence-corrected chi connectivity index (χ0v) is 7.63. The molecule has 72 valence electrons. The van der Waals surface area contributed by atoms with Gasteiger partial charge in [0.05, 0.1) is 16.7 Å². The SMILES string of the molecule is CCc1nccc2[nH]c(=O)c(=O)[nH]c12. The summed E-state index contributed by atoms with van der Waals surface area (Å²) in [6.45, 7) is 1.94. The van der Waals surface area contributed by atoms with Crippen molar-refractivity contribution >= 4 is 11.0 Å². The number of aromatic amines is 2. The number of aryl methyl sites for hydroxylation is 1. The largest absolute Gasteiger partial charge is 0.316 e. The summed E-state index contributed by atoms with van der Waals surface area (Å²) < 4.78 is 0. The molecule has 0 unspecified atom stereocenters. The lowest BCUT2D eigenvalue weighted by atomic mass is 10.2. The molecule has 0 saturated heterocycles. The van der Waals surface area contributed by atoms with Gasteiger partial charge in [0, 0.05) is 6.20 Å². The van der Waals surface area contributed by atoms with Crippen molar-refractivity contribution in [1.29, 1.82) is 0 Å². The summed E-state index contributed by atoms with van der Waals surface area (Å²) in [7, 11) is 0. The van der Waals surface area contributed by atoms with E-state index in [2.05, 4.69) is 15.0 Å². The Morgan fingerprint density at radius 1 is 1.29 bits per heavy atom. The summed E-state index contributed by atoms with van der Waals surface area (Å²) in [6, 6.07) is 1.66. The highest BCUT2D eigenvalue weighted by Crippen LogP contribution is 2.08. The summed E-state index contributed by atoms with van der Waals surface area (Å²) >= 11 is 0. The summed E-state index contributed by atoms with van der Waals surface area (Å²) in [4.78, 5) is 31.2. The van der Waals surface area contributed by atoms with Gasteiger partial charge >= 0.3 is 11.1 Å². The first-order chi connectivity index (χ1) is 6.72. The molecule has 2 rings (SSSR count). The molecule has 0 aliphatic rings. The van der Waals surface area contributed by atoms with Crippen molar-refractivity contribution in [1.82, 2.24) is 15.0 Å². The number of fused-ring (bicyclic) bond motifs is 1. The zero-order chi connectivity index (χ0) is 10.1. The number of hydrogen-bond acceptors (Lipinski definition) is 3. The van der Waals surface area contributed by atoms with E-state index in [0.29, 0.717) is 17.5 Å². The molecule has 5 nitrogen and oxygen atoms in total. The molecule has 2 heterocycles. The van der Waals surface area contributed by atoms with Crippen LogP contribution in [-0.4, -0.2) is 15.0 Å². The van der Waals surface area contributed by atoms with Gasteiger partial charge in [-0.1, -0.05) is 6.92 Å². The van der Waals surface area contributed by atoms with Crippen molar-refractivity contribution in [3.63, 3.8) is 0 Å². The first-order valence-electron chi connectivity index (χ1n) is 4.32. The second kappa shape index (κ2) is 3.10. The molecule has 14 heavy (non-hydrogen) atoms. The molecule has 0 amide bonds. The lowest BCUT2D eigenvalue weighted by Gasteiger charge is -2.00. The van der Waals surface area contributed by atoms with E-state index in [9.17, 15) is 9.59 Å². The van der Waals surface area contributed by atoms with Gasteiger partial charge in [0.1, 0.15) is 0 Å². The number of aromatic nitrogens is 3. The van der Waals surface area contributed by atoms with E-state index in [1.54, 1.807) is 12.3 Å². The molecule has 0 radical (unpaired) electrons. The Labute approximate surface area is 78.8 Å². The summed E-state index contributed by atoms with van der Waals surface area (Å²) in [5.41, 5.74) is 0.725. The van der Waals surface area contributed by atoms with Gasteiger partial charge in [-0.15, -0.1) is 0 Å². The summed E-state index contributed by atoms with van der Waals surface area (Å²) in [6.07, 6.45) is 2.31. The number of pyridine rings is 1. The van der Waals surface area contributed by atoms with Gasteiger partial charge in [-0.25, -0.2) is 0 Å². The van der Waals surface area contributed by atoms with Crippen LogP contribution in [0.4, 0.5) is 0 Å². The van der Waals surface area contributed by atoms with Gasteiger partial charge in [-0.05, 0) is 12.5 Å². The van der Waals surface area contributed by atoms with Gasteiger partial charge in [-0.2, -0.15) is 0 Å². The molecule has 0 atom stereocenters. The Balaban J connectivity index is 2.95. The predicted octanol–water partition coefficient (Wildman–Crippen LogP) is 0.174. The number of rotatable bonds is 1. The van der Waals surface area contributed by atoms with Crippen molar-refractivity contribution < 1.29 is 0 Å². The molecule has 0 saturated carbocycles. The second-order valence-corrected chi connectivity index (χ2v) is 2.94. The van der Waals surface area contributed by atoms with Crippen LogP contribution in [0.5, 0.6) is 0 Å². The average molecular weight is 191 g/mol. The minimum absolute atomic E-state index is 0.611. The van der Waals surface area contributed by atoms with Crippen LogP contribution in [0, 0.1) is 0 Å². The van der Waals surface area contributed by atoms with Crippen molar-refractivity contribution in [3.05, 3.63) is 38.7 Å². The van der Waals surface area contributed by atoms with Crippen LogP contribution in [0.2, 0.25) is 0 Å². The average Bonchev–Trinajstić information content (AvgIpc) is 2.19. The molecule has 2 aromatic rings. The lowest BCUT2D eigenvalue weighted by molar-refractivity contribution is 1.02. The molecular weight excluding hydrogens is 182 g/mol. The fourth-order valence-corrected chi connectivity index (χ4v) is 1.37. The number of H-pyrrole nitrogens is 2. The molecule has 0 spiro atoms. The first kappa shape index (κ1) is 8.68. The first-order valence-corrected chi connectivity index (χ1v) is 4.32. The third kappa shape index (κ3) is 1.22. The van der Waals surface area contributed by atoms with Crippen LogP contribution in [0.15, 0.2) is 21.9 Å². The highest BCUT2D eigenvalue weighted by atomic mass is 16.2. The van der Waals surface area contributed by atoms with Crippen molar-refractivity contribution in [2.45, 2.75) is 13.3 Å². The maximum atomic E-state index is 11.1. The van der Waals surface area contributed by atoms with E-state index in [0.717, 1.165) is 5.69 Å². The maximum absolute atomic E-state index is 11.1. The van der Waals surface area contributed by atoms with Crippen molar-refractivity contribution in [2.75, 3.05) is 0 Å². The number of nitrogens with one attached hydrogen (secondary N) is 2. The minimum atomic E-state index is -0.639. The Morgan fingerprint density at radius 3 is 2.71 bits per heavy atom. The molecule has 0 bridgehead atoms. The Kier molecular flexibility index (Phi) is 1.92. The van der Waals surface area contributed by atoms with Crippen molar-refractivity contribution in [2.24, 2.45) is 0 Å². The molecule has 2 N–H and O–H groups in total. The minimum Gasteiger partial charge on any atom is -0.316 e. The van der Waals surface area contributed by atoms with Crippen LogP contribution in [-0.2, 0) is 6.42 Å². The fourth-order valence-electron chi connectivity index (χ4n) is 1.37. The van der Waals surface area contributed by atoms with E-state index in [1.807, 2.05) is 6.92 Å². The Bertz CT molecular complexity index is 582. The monoisotopic (exact) mass is 191 g/mol. The summed E-state index contributed by atoms with van der Waals surface area (Å²) in [5.74, 6) is 0. The molecule has 2 aromatic heterocycles. The fraction of sp³-hybridized carbons (Fsp3) is 0.222. The van der Waals surface area contributed by atoms with Gasteiger partial charge in [0.15, 0.2) is 0 Å². The van der Waals surface area contributed by atoms with Crippen LogP contribution in [0.1, 0.15) is 12.6 Å². The van der Waals surface area contributed by atoms with Gasteiger partial charge in [0.25, 0.3) is 0 Å². The van der Waals surface area contributed by atoms with Crippen LogP contribution < -0.4 is 11.1 Å². The third-order valence-corrected chi connectivity index (χ3v) is 2.06. The van der Waals surface area contributed by atoms with Crippen LogP contribution in [0.3, 0.4) is 0 Å². The molecule has 5 heteroatoms. The van der Waals surface area contributed by atoms with E-state index in [-0.39, 0.29) is 0 Å². The Hall–Kier alpha value is -1.91. The van der Waals surface area contributed by atoms with Gasteiger partial charge < -0.3 is 9.97 Å². The molecule has 0 aromatic carbocycles. The zero-order valence-electron chi connectivity index (χ0n) is 7.63. The summed E-state index contributed by atoms with van der Waals surface area (Å²) in [5, 5.41) is 0. The van der Waals surface area contributed by atoms with E-state index in [1.165, 1.54) is 0 Å². The van der Waals surface area contributed by atoms with Crippen LogP contribution in [0.25, 0.3) is 11.0 Å². The van der Waals surface area contributed by atoms with Crippen LogP contribution >= 0.6 is 0 Å². The van der Waals surface area contributed by atoms with E-state index in [4.69, 9.17) is 0 Å². The molecule has 0 aliphatic heterocycles. The molecule has 0 fully saturated rings. The second-order valence-electron chi connectivity index (χ2n) is 2.94. The Morgan fingerprint density at radius 2 is 2.00 bits per heavy atom. The highest BCUT2D eigenvalue weighted by molar-refractivity contribution is 5.75. The molecule has 0 aliphatic carbocycles. The van der Waals surface area contributed by atoms with Crippen molar-refractivity contribution in [3.8, 4) is 0 Å². The number of hydrogen-bond donors (Lipinski definition) is 2. The topological polar surface area (TPSA) is 78.6 Å². The number of nitrogens with zero attached hydrogens (tertiary/aromatic N) is 1. The normalized spacial score (nSPS) is 10.6. The van der Waals surface area contributed by atoms with Gasteiger partial charge in [0.2, 0.25) is 0 Å². The van der Waals surface area contributed by atoms with E-state index >= 15 is 0 Å². The standard InChI is InChI=1S/C9H9N3O2/c1-2-5-7-6(3-4-10-5)11-8(13)9(14)12-7/h3-4H,2H2,1H3,(H,11,13)(H,12,14).